The van der Waals surface area contributed by atoms with Crippen LogP contribution in [0.4, 0.5) is 10.6 Å². The minimum absolute atomic E-state index is 0.0176. The van der Waals surface area contributed by atoms with Crippen LogP contribution in [0.2, 0.25) is 0 Å². The van der Waals surface area contributed by atoms with Crippen molar-refractivity contribution in [1.29, 1.82) is 0 Å². The number of nitrogens with zero attached hydrogens (tertiary/aromatic N) is 2. The summed E-state index contributed by atoms with van der Waals surface area (Å²) in [5.41, 5.74) is 1.01. The van der Waals surface area contributed by atoms with Crippen molar-refractivity contribution in [2.75, 3.05) is 33.1 Å². The Hall–Kier alpha value is -2.54. The standard InChI is InChI=1S/C16H22N4O3/c1-11-9-15(19-23-11)18-16(21)17-10-13(20(2)3)12-7-5-6-8-14(12)22-4/h5-9,13H,10H2,1-4H3,(H2,17,18,19,21). The first-order chi connectivity index (χ1) is 11.0. The van der Waals surface area contributed by atoms with Crippen LogP contribution < -0.4 is 15.4 Å². The average Bonchev–Trinajstić information content (AvgIpc) is 2.92. The molecule has 0 saturated heterocycles. The first kappa shape index (κ1) is 16.8. The lowest BCUT2D eigenvalue weighted by Gasteiger charge is -2.26. The Balaban J connectivity index is 2.01. The number of rotatable bonds is 6. The smallest absolute Gasteiger partial charge is 0.320 e. The van der Waals surface area contributed by atoms with Gasteiger partial charge < -0.3 is 19.5 Å². The molecule has 0 spiro atoms. The molecule has 0 radical (unpaired) electrons. The minimum atomic E-state index is -0.333. The second-order valence-electron chi connectivity index (χ2n) is 5.38. The van der Waals surface area contributed by atoms with Gasteiger partial charge in [0.25, 0.3) is 0 Å². The molecular formula is C16H22N4O3. The predicted molar refractivity (Wildman–Crippen MR) is 87.7 cm³/mol. The molecule has 1 unspecified atom stereocenters. The first-order valence-corrected chi connectivity index (χ1v) is 7.28. The van der Waals surface area contributed by atoms with Gasteiger partial charge >= 0.3 is 6.03 Å². The molecule has 1 aromatic carbocycles. The Labute approximate surface area is 135 Å². The van der Waals surface area contributed by atoms with E-state index in [0.29, 0.717) is 18.1 Å². The largest absolute Gasteiger partial charge is 0.496 e. The third-order valence-electron chi connectivity index (χ3n) is 3.45. The van der Waals surface area contributed by atoms with Gasteiger partial charge in [0.05, 0.1) is 13.2 Å². The summed E-state index contributed by atoms with van der Waals surface area (Å²) in [5.74, 6) is 1.82. The molecule has 2 amide bonds. The Morgan fingerprint density at radius 3 is 2.74 bits per heavy atom. The van der Waals surface area contributed by atoms with Crippen molar-refractivity contribution >= 4 is 11.8 Å². The van der Waals surface area contributed by atoms with E-state index >= 15 is 0 Å². The zero-order chi connectivity index (χ0) is 16.8. The van der Waals surface area contributed by atoms with Crippen molar-refractivity contribution in [2.45, 2.75) is 13.0 Å². The van der Waals surface area contributed by atoms with Gasteiger partial charge in [0.2, 0.25) is 0 Å². The van der Waals surface area contributed by atoms with Gasteiger partial charge in [-0.1, -0.05) is 23.4 Å². The summed E-state index contributed by atoms with van der Waals surface area (Å²) in [6.07, 6.45) is 0. The molecule has 0 aliphatic carbocycles. The number of aromatic nitrogens is 1. The summed E-state index contributed by atoms with van der Waals surface area (Å²) in [7, 11) is 5.55. The van der Waals surface area contributed by atoms with Crippen molar-refractivity contribution < 1.29 is 14.1 Å². The predicted octanol–water partition coefficient (Wildman–Crippen LogP) is 2.42. The average molecular weight is 318 g/mol. The monoisotopic (exact) mass is 318 g/mol. The normalized spacial score (nSPS) is 12.0. The Morgan fingerprint density at radius 2 is 2.13 bits per heavy atom. The van der Waals surface area contributed by atoms with Gasteiger partial charge in [-0.25, -0.2) is 4.79 Å². The number of likely N-dealkylation sites (N-methyl/N-ethyl adjacent to an activating group) is 1. The summed E-state index contributed by atoms with van der Waals surface area (Å²) in [4.78, 5) is 14.0. The fourth-order valence-corrected chi connectivity index (χ4v) is 2.29. The highest BCUT2D eigenvalue weighted by molar-refractivity contribution is 5.88. The van der Waals surface area contributed by atoms with Crippen LogP contribution in [-0.4, -0.2) is 43.8 Å². The Bertz CT molecular complexity index is 654. The van der Waals surface area contributed by atoms with E-state index in [1.807, 2.05) is 43.3 Å². The van der Waals surface area contributed by atoms with Gasteiger partial charge in [-0.05, 0) is 27.1 Å². The number of anilines is 1. The number of benzene rings is 1. The van der Waals surface area contributed by atoms with Gasteiger partial charge in [0.1, 0.15) is 11.5 Å². The number of carbonyl (C=O) groups excluding carboxylic acids is 1. The summed E-state index contributed by atoms with van der Waals surface area (Å²) < 4.78 is 10.3. The van der Waals surface area contributed by atoms with E-state index in [1.165, 1.54) is 0 Å². The lowest BCUT2D eigenvalue weighted by Crippen LogP contribution is -2.37. The maximum absolute atomic E-state index is 12.0. The van der Waals surface area contributed by atoms with E-state index in [-0.39, 0.29) is 12.1 Å². The molecule has 0 fully saturated rings. The van der Waals surface area contributed by atoms with Crippen molar-refractivity contribution in [2.24, 2.45) is 0 Å². The second-order valence-corrected chi connectivity index (χ2v) is 5.38. The maximum Gasteiger partial charge on any atom is 0.320 e. The zero-order valence-electron chi connectivity index (χ0n) is 13.8. The summed E-state index contributed by atoms with van der Waals surface area (Å²) in [6.45, 7) is 2.19. The van der Waals surface area contributed by atoms with Crippen LogP contribution >= 0.6 is 0 Å². The summed E-state index contributed by atoms with van der Waals surface area (Å²) in [6, 6.07) is 9.07. The highest BCUT2D eigenvalue weighted by atomic mass is 16.5. The SMILES string of the molecule is COc1ccccc1C(CNC(=O)Nc1cc(C)on1)N(C)C. The number of para-hydroxylation sites is 1. The molecule has 0 aliphatic heterocycles. The molecule has 23 heavy (non-hydrogen) atoms. The second kappa shape index (κ2) is 7.64. The lowest BCUT2D eigenvalue weighted by molar-refractivity contribution is 0.241. The van der Waals surface area contributed by atoms with Gasteiger partial charge in [0.15, 0.2) is 5.82 Å². The molecule has 1 heterocycles. The summed E-state index contributed by atoms with van der Waals surface area (Å²) >= 11 is 0. The van der Waals surface area contributed by atoms with Gasteiger partial charge in [0, 0.05) is 18.2 Å². The van der Waals surface area contributed by atoms with Crippen molar-refractivity contribution in [3.05, 3.63) is 41.7 Å². The number of urea groups is 1. The molecule has 0 aliphatic rings. The molecule has 0 bridgehead atoms. The molecule has 1 atom stereocenters. The zero-order valence-corrected chi connectivity index (χ0v) is 13.8. The van der Waals surface area contributed by atoms with E-state index in [4.69, 9.17) is 9.26 Å². The highest BCUT2D eigenvalue weighted by Gasteiger charge is 2.19. The third kappa shape index (κ3) is 4.46. The number of aryl methyl sites for hydroxylation is 1. The van der Waals surface area contributed by atoms with E-state index in [2.05, 4.69) is 15.8 Å². The quantitative estimate of drug-likeness (QED) is 0.855. The molecule has 0 saturated carbocycles. The number of carbonyl (C=O) groups is 1. The third-order valence-corrected chi connectivity index (χ3v) is 3.45. The summed E-state index contributed by atoms with van der Waals surface area (Å²) in [5, 5.41) is 9.20. The molecule has 1 aromatic heterocycles. The molecular weight excluding hydrogens is 296 g/mol. The maximum atomic E-state index is 12.0. The van der Waals surface area contributed by atoms with Gasteiger partial charge in [-0.15, -0.1) is 0 Å². The molecule has 124 valence electrons. The van der Waals surface area contributed by atoms with Crippen molar-refractivity contribution in [1.82, 2.24) is 15.4 Å². The topological polar surface area (TPSA) is 79.6 Å². The van der Waals surface area contributed by atoms with Crippen LogP contribution in [0.15, 0.2) is 34.9 Å². The number of ether oxygens (including phenoxy) is 1. The van der Waals surface area contributed by atoms with Crippen LogP contribution in [0.3, 0.4) is 0 Å². The fourth-order valence-electron chi connectivity index (χ4n) is 2.29. The van der Waals surface area contributed by atoms with Crippen molar-refractivity contribution in [3.63, 3.8) is 0 Å². The number of hydrogen-bond donors (Lipinski definition) is 2. The van der Waals surface area contributed by atoms with Gasteiger partial charge in [-0.3, -0.25) is 5.32 Å². The number of amides is 2. The highest BCUT2D eigenvalue weighted by Crippen LogP contribution is 2.27. The van der Waals surface area contributed by atoms with E-state index in [0.717, 1.165) is 11.3 Å². The van der Waals surface area contributed by atoms with Crippen LogP contribution in [0, 0.1) is 6.92 Å². The van der Waals surface area contributed by atoms with Crippen LogP contribution in [-0.2, 0) is 0 Å². The molecule has 2 aromatic rings. The van der Waals surface area contributed by atoms with Gasteiger partial charge in [-0.2, -0.15) is 0 Å². The molecule has 2 rings (SSSR count). The minimum Gasteiger partial charge on any atom is -0.496 e. The number of hydrogen-bond acceptors (Lipinski definition) is 5. The van der Waals surface area contributed by atoms with E-state index in [1.54, 1.807) is 20.1 Å². The lowest BCUT2D eigenvalue weighted by atomic mass is 10.0. The van der Waals surface area contributed by atoms with E-state index in [9.17, 15) is 4.79 Å². The van der Waals surface area contributed by atoms with Crippen LogP contribution in [0.1, 0.15) is 17.4 Å². The molecule has 2 N–H and O–H groups in total. The number of nitrogens with one attached hydrogen (secondary N) is 2. The molecule has 7 nitrogen and oxygen atoms in total. The van der Waals surface area contributed by atoms with E-state index < -0.39 is 0 Å². The first-order valence-electron chi connectivity index (χ1n) is 7.28. The fraction of sp³-hybridized carbons (Fsp3) is 0.375. The van der Waals surface area contributed by atoms with Crippen LogP contribution in [0.25, 0.3) is 0 Å². The van der Waals surface area contributed by atoms with Crippen molar-refractivity contribution in [3.8, 4) is 5.75 Å². The van der Waals surface area contributed by atoms with Crippen LogP contribution in [0.5, 0.6) is 5.75 Å². The number of methoxy groups -OCH3 is 1. The Kier molecular flexibility index (Phi) is 5.59. The Morgan fingerprint density at radius 1 is 1.39 bits per heavy atom. The molecule has 7 heteroatoms.